The number of aromatic amines is 1. The second kappa shape index (κ2) is 4.44. The van der Waals surface area contributed by atoms with Gasteiger partial charge < -0.3 is 15.5 Å². The molecule has 96 valence electrons. The van der Waals surface area contributed by atoms with Gasteiger partial charge in [-0.3, -0.25) is 0 Å². The molecule has 0 aliphatic rings. The molecule has 0 amide bonds. The molecule has 1 aromatic carbocycles. The van der Waals surface area contributed by atoms with Crippen molar-refractivity contribution in [1.82, 2.24) is 9.97 Å². The number of H-pyrrole nitrogens is 1. The number of benzene rings is 1. The highest BCUT2D eigenvalue weighted by Gasteiger charge is 2.10. The number of pyridine rings is 1. The Kier molecular flexibility index (Phi) is 2.76. The lowest BCUT2D eigenvalue weighted by Crippen LogP contribution is -1.92. The van der Waals surface area contributed by atoms with E-state index in [-0.39, 0.29) is 5.69 Å². The van der Waals surface area contributed by atoms with Crippen molar-refractivity contribution in [2.75, 3.05) is 5.73 Å². The summed E-state index contributed by atoms with van der Waals surface area (Å²) in [4.78, 5) is 7.04. The van der Waals surface area contributed by atoms with E-state index in [1.165, 1.54) is 12.1 Å². The average Bonchev–Trinajstić information content (AvgIpc) is 2.77. The third kappa shape index (κ3) is 2.08. The van der Waals surface area contributed by atoms with Crippen LogP contribution < -0.4 is 10.5 Å². The zero-order valence-electron chi connectivity index (χ0n) is 9.65. The average molecular weight is 278 g/mol. The summed E-state index contributed by atoms with van der Waals surface area (Å²) in [7, 11) is 0. The molecule has 0 spiro atoms. The molecule has 19 heavy (non-hydrogen) atoms. The van der Waals surface area contributed by atoms with Crippen molar-refractivity contribution in [3.8, 4) is 11.5 Å². The topological polar surface area (TPSA) is 63.9 Å². The number of nitrogens with zero attached hydrogens (tertiary/aromatic N) is 1. The van der Waals surface area contributed by atoms with Gasteiger partial charge in [0, 0.05) is 18.5 Å². The van der Waals surface area contributed by atoms with E-state index < -0.39 is 5.82 Å². The van der Waals surface area contributed by atoms with E-state index in [1.54, 1.807) is 24.5 Å². The first-order valence-corrected chi connectivity index (χ1v) is 5.87. The third-order valence-corrected chi connectivity index (χ3v) is 2.99. The second-order valence-corrected chi connectivity index (χ2v) is 4.36. The first-order valence-electron chi connectivity index (χ1n) is 5.49. The van der Waals surface area contributed by atoms with Crippen molar-refractivity contribution >= 4 is 28.3 Å². The summed E-state index contributed by atoms with van der Waals surface area (Å²) in [5.74, 6) is 0.319. The fourth-order valence-electron chi connectivity index (χ4n) is 1.77. The molecule has 0 radical (unpaired) electrons. The Morgan fingerprint density at radius 1 is 1.32 bits per heavy atom. The Morgan fingerprint density at radius 3 is 2.95 bits per heavy atom. The Labute approximate surface area is 113 Å². The first-order chi connectivity index (χ1) is 9.15. The standard InChI is InChI=1S/C13H9ClFN3O/c14-8-6-18-13-12(8)11(3-4-17-13)19-7-1-2-10(16)9(15)5-7/h1-6H,16H2,(H,17,18). The van der Waals surface area contributed by atoms with Crippen molar-refractivity contribution < 1.29 is 9.13 Å². The maximum absolute atomic E-state index is 13.4. The van der Waals surface area contributed by atoms with Gasteiger partial charge in [0.05, 0.1) is 16.1 Å². The van der Waals surface area contributed by atoms with Crippen molar-refractivity contribution in [3.05, 3.63) is 47.5 Å². The summed E-state index contributed by atoms with van der Waals surface area (Å²) in [6.07, 6.45) is 3.20. The lowest BCUT2D eigenvalue weighted by atomic mass is 10.3. The van der Waals surface area contributed by atoms with Gasteiger partial charge in [-0.2, -0.15) is 0 Å². The molecule has 6 heteroatoms. The van der Waals surface area contributed by atoms with Crippen molar-refractivity contribution in [2.45, 2.75) is 0 Å². The van der Waals surface area contributed by atoms with E-state index >= 15 is 0 Å². The van der Waals surface area contributed by atoms with Crippen LogP contribution in [0.25, 0.3) is 11.0 Å². The normalized spacial score (nSPS) is 10.8. The fourth-order valence-corrected chi connectivity index (χ4v) is 2.01. The molecule has 2 heterocycles. The van der Waals surface area contributed by atoms with Gasteiger partial charge in [-0.1, -0.05) is 11.6 Å². The minimum atomic E-state index is -0.525. The molecule has 0 saturated heterocycles. The molecular formula is C13H9ClFN3O. The smallest absolute Gasteiger partial charge is 0.149 e. The van der Waals surface area contributed by atoms with E-state index in [4.69, 9.17) is 22.1 Å². The molecule has 0 aliphatic heterocycles. The largest absolute Gasteiger partial charge is 0.456 e. The molecular weight excluding hydrogens is 269 g/mol. The predicted molar refractivity (Wildman–Crippen MR) is 72.0 cm³/mol. The highest BCUT2D eigenvalue weighted by Crippen LogP contribution is 2.34. The summed E-state index contributed by atoms with van der Waals surface area (Å²) in [6, 6.07) is 5.92. The summed E-state index contributed by atoms with van der Waals surface area (Å²) >= 11 is 6.06. The van der Waals surface area contributed by atoms with Gasteiger partial charge >= 0.3 is 0 Å². The Bertz CT molecular complexity index is 757. The molecule has 0 fully saturated rings. The van der Waals surface area contributed by atoms with Crippen LogP contribution in [0.15, 0.2) is 36.7 Å². The second-order valence-electron chi connectivity index (χ2n) is 3.95. The molecule has 0 atom stereocenters. The zero-order chi connectivity index (χ0) is 13.4. The van der Waals surface area contributed by atoms with Gasteiger partial charge in [-0.05, 0) is 18.2 Å². The molecule has 4 nitrogen and oxygen atoms in total. The van der Waals surface area contributed by atoms with Gasteiger partial charge in [0.15, 0.2) is 0 Å². The molecule has 3 aromatic rings. The van der Waals surface area contributed by atoms with Gasteiger partial charge in [-0.15, -0.1) is 0 Å². The van der Waals surface area contributed by atoms with Crippen LogP contribution in [0.3, 0.4) is 0 Å². The van der Waals surface area contributed by atoms with E-state index in [0.29, 0.717) is 27.6 Å². The highest BCUT2D eigenvalue weighted by atomic mass is 35.5. The van der Waals surface area contributed by atoms with Gasteiger partial charge in [-0.25, -0.2) is 9.37 Å². The van der Waals surface area contributed by atoms with Crippen molar-refractivity contribution in [3.63, 3.8) is 0 Å². The van der Waals surface area contributed by atoms with E-state index in [0.717, 1.165) is 0 Å². The van der Waals surface area contributed by atoms with Crippen LogP contribution in [0.5, 0.6) is 11.5 Å². The molecule has 2 aromatic heterocycles. The van der Waals surface area contributed by atoms with Crippen molar-refractivity contribution in [1.29, 1.82) is 0 Å². The summed E-state index contributed by atoms with van der Waals surface area (Å²) in [6.45, 7) is 0. The predicted octanol–water partition coefficient (Wildman–Crippen LogP) is 3.73. The van der Waals surface area contributed by atoms with E-state index in [9.17, 15) is 4.39 Å². The number of anilines is 1. The molecule has 3 N–H and O–H groups in total. The first kappa shape index (κ1) is 11.8. The number of fused-ring (bicyclic) bond motifs is 1. The van der Waals surface area contributed by atoms with Crippen LogP contribution >= 0.6 is 11.6 Å². The van der Waals surface area contributed by atoms with Crippen LogP contribution in [0, 0.1) is 5.82 Å². The third-order valence-electron chi connectivity index (χ3n) is 2.69. The Hall–Kier alpha value is -2.27. The SMILES string of the molecule is Nc1ccc(Oc2ccnc3[nH]cc(Cl)c23)cc1F. The molecule has 0 saturated carbocycles. The summed E-state index contributed by atoms with van der Waals surface area (Å²) in [5.41, 5.74) is 6.10. The van der Waals surface area contributed by atoms with Crippen molar-refractivity contribution in [2.24, 2.45) is 0 Å². The quantitative estimate of drug-likeness (QED) is 0.702. The monoisotopic (exact) mass is 277 g/mol. The number of nitrogens with one attached hydrogen (secondary N) is 1. The number of halogens is 2. The fraction of sp³-hybridized carbons (Fsp3) is 0. The van der Waals surface area contributed by atoms with Crippen LogP contribution in [-0.2, 0) is 0 Å². The zero-order valence-corrected chi connectivity index (χ0v) is 10.4. The summed E-state index contributed by atoms with van der Waals surface area (Å²) < 4.78 is 19.0. The molecule has 3 rings (SSSR count). The highest BCUT2D eigenvalue weighted by molar-refractivity contribution is 6.36. The van der Waals surface area contributed by atoms with Crippen LogP contribution in [-0.4, -0.2) is 9.97 Å². The lowest BCUT2D eigenvalue weighted by molar-refractivity contribution is 0.482. The van der Waals surface area contributed by atoms with Crippen LogP contribution in [0.4, 0.5) is 10.1 Å². The van der Waals surface area contributed by atoms with Gasteiger partial charge in [0.1, 0.15) is 23.0 Å². The van der Waals surface area contributed by atoms with E-state index in [1.807, 2.05) is 0 Å². The maximum atomic E-state index is 13.4. The number of nitrogens with two attached hydrogens (primary N) is 1. The number of aromatic nitrogens is 2. The summed E-state index contributed by atoms with van der Waals surface area (Å²) in [5, 5.41) is 1.15. The van der Waals surface area contributed by atoms with Crippen LogP contribution in [0.1, 0.15) is 0 Å². The lowest BCUT2D eigenvalue weighted by Gasteiger charge is -2.07. The number of hydrogen-bond donors (Lipinski definition) is 2. The van der Waals surface area contributed by atoms with Crippen LogP contribution in [0.2, 0.25) is 5.02 Å². The number of ether oxygens (including phenoxy) is 1. The van der Waals surface area contributed by atoms with E-state index in [2.05, 4.69) is 9.97 Å². The van der Waals surface area contributed by atoms with Gasteiger partial charge in [0.25, 0.3) is 0 Å². The molecule has 0 unspecified atom stereocenters. The molecule has 0 bridgehead atoms. The number of hydrogen-bond acceptors (Lipinski definition) is 3. The Balaban J connectivity index is 2.05. The number of rotatable bonds is 2. The minimum Gasteiger partial charge on any atom is -0.456 e. The molecule has 0 aliphatic carbocycles. The minimum absolute atomic E-state index is 0.0758. The van der Waals surface area contributed by atoms with Gasteiger partial charge in [0.2, 0.25) is 0 Å². The maximum Gasteiger partial charge on any atom is 0.149 e. The Morgan fingerprint density at radius 2 is 2.16 bits per heavy atom. The number of nitrogen functional groups attached to an aromatic ring is 1.